The average Bonchev–Trinajstić information content (AvgIpc) is 1.86. The second-order valence-electron chi connectivity index (χ2n) is 2.14. The van der Waals surface area contributed by atoms with Crippen molar-refractivity contribution in [3.05, 3.63) is 0 Å². The monoisotopic (exact) mass is 178 g/mol. The summed E-state index contributed by atoms with van der Waals surface area (Å²) in [5.41, 5.74) is 0. The van der Waals surface area contributed by atoms with Crippen LogP contribution in [0.5, 0.6) is 0 Å². The molecule has 0 saturated heterocycles. The molecular formula is C6H11O4P. The first kappa shape index (κ1) is 10.4. The lowest BCUT2D eigenvalue weighted by atomic mass is 10.2. The largest absolute Gasteiger partial charge is 0.531 e. The molecular weight excluding hydrogens is 167 g/mol. The zero-order chi connectivity index (χ0) is 8.69. The molecule has 0 amide bonds. The maximum Gasteiger partial charge on any atom is 0.531 e. The van der Waals surface area contributed by atoms with Crippen LogP contribution in [0.2, 0.25) is 0 Å². The lowest BCUT2D eigenvalue weighted by molar-refractivity contribution is -0.134. The molecule has 0 spiro atoms. The van der Waals surface area contributed by atoms with Crippen LogP contribution in [-0.4, -0.2) is 5.97 Å². The third-order valence-corrected chi connectivity index (χ3v) is 1.51. The quantitative estimate of drug-likeness (QED) is 0.478. The molecule has 0 radical (unpaired) electrons. The normalized spacial score (nSPS) is 9.18. The molecule has 0 aliphatic carbocycles. The predicted octanol–water partition coefficient (Wildman–Crippen LogP) is 2.20. The Morgan fingerprint density at radius 1 is 1.36 bits per heavy atom. The maximum absolute atomic E-state index is 10.5. The molecule has 5 heteroatoms. The van der Waals surface area contributed by atoms with Gasteiger partial charge in [0.15, 0.2) is 0 Å². The van der Waals surface area contributed by atoms with Gasteiger partial charge >= 0.3 is 13.9 Å². The van der Waals surface area contributed by atoms with Crippen molar-refractivity contribution in [3.63, 3.8) is 0 Å². The van der Waals surface area contributed by atoms with Crippen LogP contribution < -0.4 is 0 Å². The lowest BCUT2D eigenvalue weighted by Gasteiger charge is -1.93. The summed E-state index contributed by atoms with van der Waals surface area (Å²) in [6, 6.07) is 0. The van der Waals surface area contributed by atoms with Gasteiger partial charge in [-0.15, -0.1) is 0 Å². The summed E-state index contributed by atoms with van der Waals surface area (Å²) in [7, 11) is -3.01. The minimum atomic E-state index is -3.01. The van der Waals surface area contributed by atoms with Gasteiger partial charge in [0.2, 0.25) is 0 Å². The summed E-state index contributed by atoms with van der Waals surface area (Å²) in [6.45, 7) is 2.00. The van der Waals surface area contributed by atoms with Crippen molar-refractivity contribution in [1.29, 1.82) is 0 Å². The van der Waals surface area contributed by atoms with E-state index in [0.717, 1.165) is 12.8 Å². The van der Waals surface area contributed by atoms with Gasteiger partial charge in [-0.2, -0.15) is 9.13 Å². The van der Waals surface area contributed by atoms with E-state index in [-0.39, 0.29) is 6.42 Å². The van der Waals surface area contributed by atoms with Crippen molar-refractivity contribution in [2.45, 2.75) is 32.6 Å². The van der Waals surface area contributed by atoms with Gasteiger partial charge in [-0.3, -0.25) is 4.79 Å². The van der Waals surface area contributed by atoms with Crippen LogP contribution >= 0.6 is 7.91 Å². The van der Waals surface area contributed by atoms with E-state index >= 15 is 0 Å². The molecule has 0 aromatic rings. The molecule has 64 valence electrons. The van der Waals surface area contributed by atoms with Gasteiger partial charge in [0.05, 0.1) is 0 Å². The molecule has 0 aliphatic heterocycles. The molecule has 0 heterocycles. The highest BCUT2D eigenvalue weighted by Gasteiger charge is 2.03. The zero-order valence-electron chi connectivity index (χ0n) is 6.41. The summed E-state index contributed by atoms with van der Waals surface area (Å²) >= 11 is 0. The third-order valence-electron chi connectivity index (χ3n) is 1.16. The van der Waals surface area contributed by atoms with Crippen LogP contribution in [0.4, 0.5) is 0 Å². The Hall–Kier alpha value is -0.630. The van der Waals surface area contributed by atoms with Gasteiger partial charge in [-0.05, 0) is 6.42 Å². The lowest BCUT2D eigenvalue weighted by Crippen LogP contribution is -1.96. The van der Waals surface area contributed by atoms with Crippen molar-refractivity contribution >= 4 is 13.9 Å². The maximum atomic E-state index is 10.5. The number of carbonyl (C=O) groups is 1. The average molecular weight is 178 g/mol. The standard InChI is InChI=1S/C6H11O4P/c1-2-3-4-5-6(7)10-11(8)9/h2-5H2,1H3. The van der Waals surface area contributed by atoms with Gasteiger partial charge in [0.25, 0.3) is 0 Å². The topological polar surface area (TPSA) is 60.4 Å². The fourth-order valence-electron chi connectivity index (χ4n) is 0.648. The number of rotatable bonds is 5. The Morgan fingerprint density at radius 2 is 2.00 bits per heavy atom. The Morgan fingerprint density at radius 3 is 2.45 bits per heavy atom. The van der Waals surface area contributed by atoms with Crippen molar-refractivity contribution in [2.24, 2.45) is 0 Å². The Balaban J connectivity index is 3.37. The van der Waals surface area contributed by atoms with Crippen LogP contribution in [-0.2, 0) is 18.4 Å². The van der Waals surface area contributed by atoms with Gasteiger partial charge in [-0.1, -0.05) is 19.8 Å². The first-order valence-corrected chi connectivity index (χ1v) is 4.61. The fourth-order valence-corrected chi connectivity index (χ4v) is 0.906. The van der Waals surface area contributed by atoms with Crippen molar-refractivity contribution in [3.8, 4) is 0 Å². The molecule has 4 nitrogen and oxygen atoms in total. The van der Waals surface area contributed by atoms with Gasteiger partial charge < -0.3 is 4.52 Å². The van der Waals surface area contributed by atoms with E-state index in [2.05, 4.69) is 4.52 Å². The Kier molecular flexibility index (Phi) is 5.75. The molecule has 0 saturated carbocycles. The van der Waals surface area contributed by atoms with E-state index < -0.39 is 13.9 Å². The smallest absolute Gasteiger partial charge is 0.352 e. The van der Waals surface area contributed by atoms with Crippen LogP contribution in [0.3, 0.4) is 0 Å². The van der Waals surface area contributed by atoms with Crippen molar-refractivity contribution in [1.82, 2.24) is 0 Å². The van der Waals surface area contributed by atoms with E-state index in [9.17, 15) is 13.9 Å². The minimum absolute atomic E-state index is 0.192. The Labute approximate surface area is 65.8 Å². The highest BCUT2D eigenvalue weighted by Crippen LogP contribution is 2.09. The number of carbonyl (C=O) groups excluding carboxylic acids is 1. The molecule has 0 aromatic heterocycles. The zero-order valence-corrected chi connectivity index (χ0v) is 7.30. The highest BCUT2D eigenvalue weighted by atomic mass is 31.1. The van der Waals surface area contributed by atoms with Gasteiger partial charge in [0.1, 0.15) is 0 Å². The first-order valence-electron chi connectivity index (χ1n) is 3.52. The van der Waals surface area contributed by atoms with E-state index in [1.165, 1.54) is 0 Å². The van der Waals surface area contributed by atoms with E-state index in [1.54, 1.807) is 0 Å². The third kappa shape index (κ3) is 7.26. The number of unbranched alkanes of at least 4 members (excludes halogenated alkanes) is 2. The molecule has 0 aromatic carbocycles. The molecule has 0 unspecified atom stereocenters. The number of hydrogen-bond donors (Lipinski definition) is 0. The molecule has 0 bridgehead atoms. The fraction of sp³-hybridized carbons (Fsp3) is 0.833. The molecule has 0 aliphatic rings. The number of hydrogen-bond acceptors (Lipinski definition) is 4. The van der Waals surface area contributed by atoms with Crippen LogP contribution in [0.1, 0.15) is 32.6 Å². The Bertz CT molecular complexity index is 177. The molecule has 0 atom stereocenters. The second-order valence-corrected chi connectivity index (χ2v) is 2.77. The van der Waals surface area contributed by atoms with Crippen LogP contribution in [0, 0.1) is 0 Å². The summed E-state index contributed by atoms with van der Waals surface area (Å²) in [5, 5.41) is 0. The van der Waals surface area contributed by atoms with Crippen LogP contribution in [0.25, 0.3) is 0 Å². The molecule has 11 heavy (non-hydrogen) atoms. The molecule has 0 N–H and O–H groups in total. The predicted molar refractivity (Wildman–Crippen MR) is 38.5 cm³/mol. The van der Waals surface area contributed by atoms with E-state index in [4.69, 9.17) is 0 Å². The highest BCUT2D eigenvalue weighted by molar-refractivity contribution is 7.25. The first-order chi connectivity index (χ1) is 5.16. The van der Waals surface area contributed by atoms with Crippen LogP contribution in [0.15, 0.2) is 0 Å². The minimum Gasteiger partial charge on any atom is -0.352 e. The summed E-state index contributed by atoms with van der Waals surface area (Å²) in [6.07, 6.45) is 2.80. The SMILES string of the molecule is CCCCCC(=O)OP(=O)=O. The molecule has 0 rings (SSSR count). The summed E-state index contributed by atoms with van der Waals surface area (Å²) < 4.78 is 23.6. The summed E-state index contributed by atoms with van der Waals surface area (Å²) in [4.78, 5) is 10.5. The van der Waals surface area contributed by atoms with Gasteiger partial charge in [-0.25, -0.2) is 0 Å². The van der Waals surface area contributed by atoms with Crippen molar-refractivity contribution in [2.75, 3.05) is 0 Å². The van der Waals surface area contributed by atoms with E-state index in [1.807, 2.05) is 6.92 Å². The van der Waals surface area contributed by atoms with Gasteiger partial charge in [0, 0.05) is 6.42 Å². The van der Waals surface area contributed by atoms with Crippen molar-refractivity contribution < 1.29 is 18.4 Å². The molecule has 0 fully saturated rings. The second kappa shape index (κ2) is 6.10. The summed E-state index contributed by atoms with van der Waals surface area (Å²) in [5.74, 6) is -0.658. The van der Waals surface area contributed by atoms with E-state index in [0.29, 0.717) is 6.42 Å².